The van der Waals surface area contributed by atoms with Gasteiger partial charge in [-0.15, -0.1) is 0 Å². The third kappa shape index (κ3) is 4.69. The Morgan fingerprint density at radius 2 is 1.52 bits per heavy atom. The predicted octanol–water partition coefficient (Wildman–Crippen LogP) is 3.23. The normalized spacial score (nSPS) is 14.5. The largest absolute Gasteiger partial charge is 0.277 e. The second-order valence-corrected chi connectivity index (χ2v) is 9.66. The van der Waals surface area contributed by atoms with Crippen molar-refractivity contribution in [1.29, 1.82) is 0 Å². The third-order valence-corrected chi connectivity index (χ3v) is 7.06. The molecule has 0 aliphatic carbocycles. The summed E-state index contributed by atoms with van der Waals surface area (Å²) in [5, 5.41) is -0.291. The minimum absolute atomic E-state index is 0.229. The monoisotopic (exact) mass is 365 g/mol. The molecule has 0 spiro atoms. The molecule has 6 heteroatoms. The van der Waals surface area contributed by atoms with Gasteiger partial charge in [-0.05, 0) is 50.8 Å². The first-order chi connectivity index (χ1) is 11.7. The number of hydrogen-bond donors (Lipinski definition) is 0. The van der Waals surface area contributed by atoms with Gasteiger partial charge in [-0.3, -0.25) is 14.5 Å². The smallest absolute Gasteiger partial charge is 0.261 e. The van der Waals surface area contributed by atoms with E-state index >= 15 is 0 Å². The van der Waals surface area contributed by atoms with E-state index < -0.39 is 9.84 Å². The van der Waals surface area contributed by atoms with Crippen LogP contribution in [0.4, 0.5) is 0 Å². The van der Waals surface area contributed by atoms with Gasteiger partial charge in [0, 0.05) is 7.05 Å². The lowest BCUT2D eigenvalue weighted by atomic mass is 10.0. The van der Waals surface area contributed by atoms with Gasteiger partial charge in [-0.25, -0.2) is 8.42 Å². The van der Waals surface area contributed by atoms with E-state index in [1.165, 1.54) is 7.05 Å². The summed E-state index contributed by atoms with van der Waals surface area (Å²) in [6.07, 6.45) is 5.55. The Hall–Kier alpha value is -1.69. The van der Waals surface area contributed by atoms with Gasteiger partial charge in [-0.1, -0.05) is 25.3 Å². The van der Waals surface area contributed by atoms with Crippen molar-refractivity contribution in [2.45, 2.75) is 57.6 Å². The van der Waals surface area contributed by atoms with Gasteiger partial charge < -0.3 is 0 Å². The van der Waals surface area contributed by atoms with Crippen molar-refractivity contribution in [3.63, 3.8) is 0 Å². The highest BCUT2D eigenvalue weighted by Crippen LogP contribution is 2.23. The lowest BCUT2D eigenvalue weighted by Crippen LogP contribution is -2.24. The number of fused-ring (bicyclic) bond motifs is 1. The fourth-order valence-corrected chi connectivity index (χ4v) is 4.04. The van der Waals surface area contributed by atoms with Gasteiger partial charge in [0.05, 0.1) is 22.1 Å². The number of benzene rings is 1. The summed E-state index contributed by atoms with van der Waals surface area (Å²) >= 11 is 0. The van der Waals surface area contributed by atoms with Crippen molar-refractivity contribution in [3.8, 4) is 0 Å². The maximum Gasteiger partial charge on any atom is 0.261 e. The minimum Gasteiger partial charge on any atom is -0.277 e. The Balaban J connectivity index is 1.72. The van der Waals surface area contributed by atoms with Crippen LogP contribution < -0.4 is 0 Å². The number of imide groups is 1. The zero-order valence-electron chi connectivity index (χ0n) is 15.2. The quantitative estimate of drug-likeness (QED) is 0.497. The van der Waals surface area contributed by atoms with E-state index in [1.807, 2.05) is 12.1 Å². The molecular weight excluding hydrogens is 338 g/mol. The average molecular weight is 365 g/mol. The van der Waals surface area contributed by atoms with Gasteiger partial charge >= 0.3 is 0 Å². The summed E-state index contributed by atoms with van der Waals surface area (Å²) in [5.41, 5.74) is 2.06. The Morgan fingerprint density at radius 1 is 0.920 bits per heavy atom. The molecule has 5 nitrogen and oxygen atoms in total. The number of carbonyl (C=O) groups is 2. The lowest BCUT2D eigenvalue weighted by molar-refractivity contribution is 0.0693. The molecule has 0 fully saturated rings. The number of hydrogen-bond acceptors (Lipinski definition) is 4. The highest BCUT2D eigenvalue weighted by molar-refractivity contribution is 7.91. The van der Waals surface area contributed by atoms with Crippen molar-refractivity contribution in [3.05, 3.63) is 34.9 Å². The summed E-state index contributed by atoms with van der Waals surface area (Å²) in [4.78, 5) is 25.0. The molecule has 0 bridgehead atoms. The van der Waals surface area contributed by atoms with Crippen molar-refractivity contribution in [2.24, 2.45) is 0 Å². The topological polar surface area (TPSA) is 71.5 Å². The molecule has 0 radical (unpaired) electrons. The Morgan fingerprint density at radius 3 is 2.20 bits per heavy atom. The van der Waals surface area contributed by atoms with E-state index in [2.05, 4.69) is 0 Å². The van der Waals surface area contributed by atoms with Crippen LogP contribution in [0.3, 0.4) is 0 Å². The molecule has 1 aromatic rings. The summed E-state index contributed by atoms with van der Waals surface area (Å²) in [5.74, 6) is -0.185. The molecule has 1 aliphatic heterocycles. The van der Waals surface area contributed by atoms with E-state index in [0.717, 1.165) is 49.0 Å². The molecule has 0 N–H and O–H groups in total. The Kier molecular flexibility index (Phi) is 6.38. The maximum absolute atomic E-state index is 12.0. The molecular formula is C19H27NO4S. The molecule has 25 heavy (non-hydrogen) atoms. The van der Waals surface area contributed by atoms with E-state index in [4.69, 9.17) is 0 Å². The highest BCUT2D eigenvalue weighted by atomic mass is 32.2. The number of nitrogens with zero attached hydrogens (tertiary/aromatic N) is 1. The molecule has 0 saturated heterocycles. The van der Waals surface area contributed by atoms with Crippen LogP contribution in [0.25, 0.3) is 0 Å². The summed E-state index contributed by atoms with van der Waals surface area (Å²) < 4.78 is 23.4. The third-order valence-electron chi connectivity index (χ3n) is 4.77. The summed E-state index contributed by atoms with van der Waals surface area (Å²) in [7, 11) is -1.41. The molecule has 0 atom stereocenters. The van der Waals surface area contributed by atoms with Crippen LogP contribution in [0, 0.1) is 0 Å². The van der Waals surface area contributed by atoms with Crippen molar-refractivity contribution in [2.75, 3.05) is 12.8 Å². The second-order valence-electron chi connectivity index (χ2n) is 6.98. The van der Waals surface area contributed by atoms with E-state index in [9.17, 15) is 18.0 Å². The van der Waals surface area contributed by atoms with Crippen LogP contribution in [-0.2, 0) is 16.3 Å². The number of aryl methyl sites for hydroxylation is 1. The number of sulfone groups is 1. The van der Waals surface area contributed by atoms with Crippen LogP contribution in [-0.4, -0.2) is 43.2 Å². The maximum atomic E-state index is 12.0. The van der Waals surface area contributed by atoms with Gasteiger partial charge in [0.1, 0.15) is 0 Å². The first-order valence-corrected chi connectivity index (χ1v) is 10.6. The summed E-state index contributed by atoms with van der Waals surface area (Å²) in [6, 6.07) is 5.48. The summed E-state index contributed by atoms with van der Waals surface area (Å²) in [6.45, 7) is 3.45. The molecule has 0 aromatic heterocycles. The lowest BCUT2D eigenvalue weighted by Gasteiger charge is -2.07. The van der Waals surface area contributed by atoms with Crippen LogP contribution in [0.1, 0.15) is 72.2 Å². The van der Waals surface area contributed by atoms with Gasteiger partial charge in [-0.2, -0.15) is 0 Å². The van der Waals surface area contributed by atoms with Crippen molar-refractivity contribution in [1.82, 2.24) is 4.90 Å². The zero-order chi connectivity index (χ0) is 18.6. The molecule has 0 unspecified atom stereocenters. The first kappa shape index (κ1) is 19.6. The number of unbranched alkanes of at least 4 members (excludes halogenated alkanes) is 4. The van der Waals surface area contributed by atoms with E-state index in [0.29, 0.717) is 11.1 Å². The standard InChI is InChI=1S/C19H27NO4S/c1-14(2)25(23,24)12-8-6-4-5-7-9-15-10-11-16-17(13-15)19(22)20(3)18(16)21/h10-11,13-14H,4-9,12H2,1-3H3. The molecule has 2 rings (SSSR count). The fourth-order valence-electron chi connectivity index (χ4n) is 2.96. The molecule has 138 valence electrons. The number of amides is 2. The minimum atomic E-state index is -2.92. The van der Waals surface area contributed by atoms with Crippen molar-refractivity contribution >= 4 is 21.7 Å². The molecule has 0 saturated carbocycles. The first-order valence-electron chi connectivity index (χ1n) is 8.91. The van der Waals surface area contributed by atoms with E-state index in [-0.39, 0.29) is 22.8 Å². The molecule has 1 aromatic carbocycles. The van der Waals surface area contributed by atoms with Crippen molar-refractivity contribution < 1.29 is 18.0 Å². The number of carbonyl (C=O) groups excluding carboxylic acids is 2. The fraction of sp³-hybridized carbons (Fsp3) is 0.579. The van der Waals surface area contributed by atoms with Crippen LogP contribution in [0.2, 0.25) is 0 Å². The predicted molar refractivity (Wildman–Crippen MR) is 98.6 cm³/mol. The zero-order valence-corrected chi connectivity index (χ0v) is 16.1. The SMILES string of the molecule is CC(C)S(=O)(=O)CCCCCCCc1ccc2c(c1)C(=O)N(C)C2=O. The van der Waals surface area contributed by atoms with Gasteiger partial charge in [0.15, 0.2) is 9.84 Å². The molecule has 2 amide bonds. The van der Waals surface area contributed by atoms with E-state index in [1.54, 1.807) is 19.9 Å². The van der Waals surface area contributed by atoms with Crippen LogP contribution in [0.15, 0.2) is 18.2 Å². The number of rotatable bonds is 9. The van der Waals surface area contributed by atoms with Crippen LogP contribution in [0.5, 0.6) is 0 Å². The Labute approximate surface area is 150 Å². The second kappa shape index (κ2) is 8.13. The highest BCUT2D eigenvalue weighted by Gasteiger charge is 2.32. The average Bonchev–Trinajstić information content (AvgIpc) is 2.78. The molecule has 1 heterocycles. The van der Waals surface area contributed by atoms with Gasteiger partial charge in [0.2, 0.25) is 0 Å². The molecule has 1 aliphatic rings. The van der Waals surface area contributed by atoms with Crippen LogP contribution >= 0.6 is 0 Å². The Bertz CT molecular complexity index is 753. The van der Waals surface area contributed by atoms with Gasteiger partial charge in [0.25, 0.3) is 11.8 Å².